The predicted octanol–water partition coefficient (Wildman–Crippen LogP) is 2.15. The zero-order valence-corrected chi connectivity index (χ0v) is 11.6. The van der Waals surface area contributed by atoms with Crippen molar-refractivity contribution >= 4 is 28.3 Å². The van der Waals surface area contributed by atoms with Crippen molar-refractivity contribution in [3.8, 4) is 0 Å². The molecule has 5 nitrogen and oxygen atoms in total. The molecule has 2 aromatic rings. The third-order valence-corrected chi connectivity index (χ3v) is 3.47. The molecule has 0 radical (unpaired) electrons. The summed E-state index contributed by atoms with van der Waals surface area (Å²) in [6.07, 6.45) is 0. The molecule has 0 fully saturated rings. The molecule has 2 rings (SSSR count). The number of carbonyl (C=O) groups excluding carboxylic acids is 1. The van der Waals surface area contributed by atoms with Crippen LogP contribution in [0, 0.1) is 0 Å². The standard InChI is InChI=1S/C13H15N3O2S/c1-16(8-9-6-4-3-5-7-9)11-10(12(17)18-2)19-13(14)15-11/h3-7H,8H2,1-2H3,(H2,14,15). The number of anilines is 2. The number of hydrogen-bond donors (Lipinski definition) is 1. The number of hydrogen-bond acceptors (Lipinski definition) is 6. The van der Waals surface area contributed by atoms with Gasteiger partial charge in [0.1, 0.15) is 0 Å². The van der Waals surface area contributed by atoms with Crippen molar-refractivity contribution in [2.45, 2.75) is 6.54 Å². The summed E-state index contributed by atoms with van der Waals surface area (Å²) in [5.41, 5.74) is 6.81. The highest BCUT2D eigenvalue weighted by molar-refractivity contribution is 7.17. The highest BCUT2D eigenvalue weighted by atomic mass is 32.1. The van der Waals surface area contributed by atoms with Gasteiger partial charge in [0, 0.05) is 13.6 Å². The third kappa shape index (κ3) is 3.03. The van der Waals surface area contributed by atoms with Crippen LogP contribution in [0.3, 0.4) is 0 Å². The maximum Gasteiger partial charge on any atom is 0.352 e. The maximum absolute atomic E-state index is 11.7. The first-order valence-electron chi connectivity index (χ1n) is 5.71. The van der Waals surface area contributed by atoms with Gasteiger partial charge in [-0.15, -0.1) is 0 Å². The Morgan fingerprint density at radius 1 is 1.42 bits per heavy atom. The van der Waals surface area contributed by atoms with E-state index >= 15 is 0 Å². The zero-order chi connectivity index (χ0) is 13.8. The summed E-state index contributed by atoms with van der Waals surface area (Å²) in [6, 6.07) is 9.94. The Hall–Kier alpha value is -2.08. The van der Waals surface area contributed by atoms with Crippen LogP contribution >= 0.6 is 11.3 Å². The van der Waals surface area contributed by atoms with Crippen LogP contribution in [0.5, 0.6) is 0 Å². The summed E-state index contributed by atoms with van der Waals surface area (Å²) in [4.78, 5) is 18.2. The zero-order valence-electron chi connectivity index (χ0n) is 10.8. The number of methoxy groups -OCH3 is 1. The van der Waals surface area contributed by atoms with E-state index < -0.39 is 5.97 Å². The van der Waals surface area contributed by atoms with Crippen LogP contribution in [0.2, 0.25) is 0 Å². The van der Waals surface area contributed by atoms with Crippen molar-refractivity contribution in [2.24, 2.45) is 0 Å². The number of benzene rings is 1. The fourth-order valence-corrected chi connectivity index (χ4v) is 2.55. The maximum atomic E-state index is 11.7. The molecule has 0 aliphatic rings. The third-order valence-electron chi connectivity index (χ3n) is 2.62. The molecular formula is C13H15N3O2S. The summed E-state index contributed by atoms with van der Waals surface area (Å²) in [7, 11) is 3.22. The molecule has 0 atom stereocenters. The molecule has 0 amide bonds. The smallest absolute Gasteiger partial charge is 0.352 e. The van der Waals surface area contributed by atoms with Gasteiger partial charge in [-0.2, -0.15) is 0 Å². The number of thiazole rings is 1. The summed E-state index contributed by atoms with van der Waals surface area (Å²) in [6.45, 7) is 0.647. The van der Waals surface area contributed by atoms with Crippen molar-refractivity contribution in [3.63, 3.8) is 0 Å². The minimum absolute atomic E-state index is 0.357. The lowest BCUT2D eigenvalue weighted by atomic mass is 10.2. The normalized spacial score (nSPS) is 10.2. The lowest BCUT2D eigenvalue weighted by Crippen LogP contribution is -2.19. The molecule has 100 valence electrons. The molecule has 0 aliphatic heterocycles. The second-order valence-electron chi connectivity index (χ2n) is 4.04. The van der Waals surface area contributed by atoms with Crippen LogP contribution in [0.4, 0.5) is 10.9 Å². The Labute approximate surface area is 115 Å². The van der Waals surface area contributed by atoms with E-state index in [0.717, 1.165) is 16.9 Å². The number of rotatable bonds is 4. The first kappa shape index (κ1) is 13.4. The molecule has 0 unspecified atom stereocenters. The summed E-state index contributed by atoms with van der Waals surface area (Å²) < 4.78 is 4.74. The predicted molar refractivity (Wildman–Crippen MR) is 76.4 cm³/mol. The Morgan fingerprint density at radius 3 is 2.74 bits per heavy atom. The first-order chi connectivity index (χ1) is 9.11. The molecule has 19 heavy (non-hydrogen) atoms. The Balaban J connectivity index is 2.24. The van der Waals surface area contributed by atoms with Crippen molar-refractivity contribution in [2.75, 3.05) is 24.8 Å². The van der Waals surface area contributed by atoms with Gasteiger partial charge in [-0.05, 0) is 5.56 Å². The largest absolute Gasteiger partial charge is 0.465 e. The second-order valence-corrected chi connectivity index (χ2v) is 5.07. The number of nitrogen functional groups attached to an aromatic ring is 1. The van der Waals surface area contributed by atoms with E-state index in [4.69, 9.17) is 10.5 Å². The van der Waals surface area contributed by atoms with Gasteiger partial charge in [0.05, 0.1) is 7.11 Å². The van der Waals surface area contributed by atoms with E-state index in [1.165, 1.54) is 7.11 Å². The molecule has 0 spiro atoms. The molecule has 0 bridgehead atoms. The van der Waals surface area contributed by atoms with E-state index in [1.807, 2.05) is 42.3 Å². The van der Waals surface area contributed by atoms with Gasteiger partial charge in [0.15, 0.2) is 15.8 Å². The van der Waals surface area contributed by atoms with Gasteiger partial charge in [0.2, 0.25) is 0 Å². The number of ether oxygens (including phenoxy) is 1. The molecule has 1 aromatic heterocycles. The van der Waals surface area contributed by atoms with E-state index in [1.54, 1.807) is 0 Å². The van der Waals surface area contributed by atoms with Crippen LogP contribution in [-0.4, -0.2) is 25.1 Å². The fraction of sp³-hybridized carbons (Fsp3) is 0.231. The summed E-state index contributed by atoms with van der Waals surface area (Å²) >= 11 is 1.14. The van der Waals surface area contributed by atoms with Gasteiger partial charge in [-0.1, -0.05) is 41.7 Å². The van der Waals surface area contributed by atoms with Gasteiger partial charge in [0.25, 0.3) is 0 Å². The highest BCUT2D eigenvalue weighted by Crippen LogP contribution is 2.28. The Bertz CT molecular complexity index is 569. The molecule has 0 aliphatic carbocycles. The van der Waals surface area contributed by atoms with Crippen molar-refractivity contribution in [1.82, 2.24) is 4.98 Å². The number of nitrogens with two attached hydrogens (primary N) is 1. The molecular weight excluding hydrogens is 262 g/mol. The van der Waals surface area contributed by atoms with E-state index in [2.05, 4.69) is 4.98 Å². The van der Waals surface area contributed by atoms with Gasteiger partial charge in [-0.25, -0.2) is 9.78 Å². The fourth-order valence-electron chi connectivity index (χ4n) is 1.74. The summed E-state index contributed by atoms with van der Waals surface area (Å²) in [5.74, 6) is 0.141. The van der Waals surface area contributed by atoms with Crippen LogP contribution in [0.25, 0.3) is 0 Å². The Kier molecular flexibility index (Phi) is 4.01. The van der Waals surface area contributed by atoms with E-state index in [0.29, 0.717) is 22.4 Å². The van der Waals surface area contributed by atoms with Crippen molar-refractivity contribution < 1.29 is 9.53 Å². The van der Waals surface area contributed by atoms with Crippen LogP contribution < -0.4 is 10.6 Å². The highest BCUT2D eigenvalue weighted by Gasteiger charge is 2.20. The summed E-state index contributed by atoms with van der Waals surface area (Å²) in [5, 5.41) is 0.357. The topological polar surface area (TPSA) is 68.5 Å². The van der Waals surface area contributed by atoms with E-state index in [-0.39, 0.29) is 0 Å². The average Bonchev–Trinajstić information content (AvgIpc) is 2.81. The van der Waals surface area contributed by atoms with Crippen molar-refractivity contribution in [3.05, 3.63) is 40.8 Å². The number of carbonyl (C=O) groups is 1. The number of esters is 1. The second kappa shape index (κ2) is 5.71. The quantitative estimate of drug-likeness (QED) is 0.867. The van der Waals surface area contributed by atoms with E-state index in [9.17, 15) is 4.79 Å². The van der Waals surface area contributed by atoms with Crippen LogP contribution in [0.15, 0.2) is 30.3 Å². The average molecular weight is 277 g/mol. The van der Waals surface area contributed by atoms with Crippen LogP contribution in [0.1, 0.15) is 15.2 Å². The Morgan fingerprint density at radius 2 is 2.11 bits per heavy atom. The van der Waals surface area contributed by atoms with Gasteiger partial charge < -0.3 is 15.4 Å². The number of nitrogens with zero attached hydrogens (tertiary/aromatic N) is 2. The monoisotopic (exact) mass is 277 g/mol. The SMILES string of the molecule is COC(=O)c1sc(N)nc1N(C)Cc1ccccc1. The molecule has 6 heteroatoms. The van der Waals surface area contributed by atoms with Crippen LogP contribution in [-0.2, 0) is 11.3 Å². The van der Waals surface area contributed by atoms with Crippen molar-refractivity contribution in [1.29, 1.82) is 0 Å². The first-order valence-corrected chi connectivity index (χ1v) is 6.53. The molecule has 2 N–H and O–H groups in total. The molecule has 1 aromatic carbocycles. The molecule has 0 saturated heterocycles. The lowest BCUT2D eigenvalue weighted by Gasteiger charge is -2.17. The van der Waals surface area contributed by atoms with Gasteiger partial charge in [-0.3, -0.25) is 0 Å². The lowest BCUT2D eigenvalue weighted by molar-refractivity contribution is 0.0606. The van der Waals surface area contributed by atoms with Gasteiger partial charge >= 0.3 is 5.97 Å². The number of aromatic nitrogens is 1. The minimum Gasteiger partial charge on any atom is -0.465 e. The molecule has 1 heterocycles. The minimum atomic E-state index is -0.413. The molecule has 0 saturated carbocycles.